The van der Waals surface area contributed by atoms with Gasteiger partial charge in [-0.3, -0.25) is 4.90 Å². The van der Waals surface area contributed by atoms with Crippen LogP contribution in [-0.4, -0.2) is 49.7 Å². The van der Waals surface area contributed by atoms with E-state index in [0.29, 0.717) is 5.41 Å². The fourth-order valence-electron chi connectivity index (χ4n) is 2.21. The average molecular weight is 241 g/mol. The van der Waals surface area contributed by atoms with Crippen molar-refractivity contribution >= 4 is 0 Å². The standard InChI is InChI=1S/C14H31N3/c1-6-13(2,3)11-16-12-14(4,5)17-9-7-15-8-10-17/h15-16H,6-12H2,1-5H3. The zero-order chi connectivity index (χ0) is 12.9. The lowest BCUT2D eigenvalue weighted by atomic mass is 9.90. The second-order valence-electron chi connectivity index (χ2n) is 6.67. The summed E-state index contributed by atoms with van der Waals surface area (Å²) in [5.41, 5.74) is 0.686. The van der Waals surface area contributed by atoms with E-state index in [2.05, 4.69) is 50.2 Å². The van der Waals surface area contributed by atoms with E-state index in [4.69, 9.17) is 0 Å². The van der Waals surface area contributed by atoms with E-state index < -0.39 is 0 Å². The van der Waals surface area contributed by atoms with Gasteiger partial charge in [0.15, 0.2) is 0 Å². The van der Waals surface area contributed by atoms with E-state index in [1.807, 2.05) is 0 Å². The summed E-state index contributed by atoms with van der Waals surface area (Å²) in [5.74, 6) is 0. The van der Waals surface area contributed by atoms with E-state index in [9.17, 15) is 0 Å². The maximum Gasteiger partial charge on any atom is 0.0278 e. The summed E-state index contributed by atoms with van der Waals surface area (Å²) in [6.45, 7) is 18.4. The Morgan fingerprint density at radius 3 is 2.18 bits per heavy atom. The Bertz CT molecular complexity index is 218. The topological polar surface area (TPSA) is 27.3 Å². The van der Waals surface area contributed by atoms with Crippen LogP contribution in [0.3, 0.4) is 0 Å². The number of nitrogens with zero attached hydrogens (tertiary/aromatic N) is 1. The molecule has 1 rings (SSSR count). The van der Waals surface area contributed by atoms with Crippen molar-refractivity contribution in [2.45, 2.75) is 46.6 Å². The van der Waals surface area contributed by atoms with Gasteiger partial charge in [-0.15, -0.1) is 0 Å². The van der Waals surface area contributed by atoms with Crippen LogP contribution in [0.4, 0.5) is 0 Å². The molecule has 0 unspecified atom stereocenters. The number of hydrogen-bond acceptors (Lipinski definition) is 3. The molecule has 0 radical (unpaired) electrons. The van der Waals surface area contributed by atoms with Gasteiger partial charge in [-0.1, -0.05) is 20.8 Å². The molecule has 1 aliphatic heterocycles. The van der Waals surface area contributed by atoms with Gasteiger partial charge >= 0.3 is 0 Å². The van der Waals surface area contributed by atoms with Gasteiger partial charge in [0.2, 0.25) is 0 Å². The third-order valence-electron chi connectivity index (χ3n) is 4.09. The van der Waals surface area contributed by atoms with Crippen molar-refractivity contribution < 1.29 is 0 Å². The normalized spacial score (nSPS) is 19.6. The molecule has 1 fully saturated rings. The fraction of sp³-hybridized carbons (Fsp3) is 1.00. The molecule has 1 heterocycles. The highest BCUT2D eigenvalue weighted by Crippen LogP contribution is 2.19. The molecule has 3 heteroatoms. The molecule has 0 saturated carbocycles. The summed E-state index contributed by atoms with van der Waals surface area (Å²) >= 11 is 0. The Morgan fingerprint density at radius 1 is 1.06 bits per heavy atom. The molecule has 0 aromatic carbocycles. The molecule has 0 atom stereocenters. The molecule has 17 heavy (non-hydrogen) atoms. The number of rotatable bonds is 6. The van der Waals surface area contributed by atoms with Crippen LogP contribution in [0.2, 0.25) is 0 Å². The van der Waals surface area contributed by atoms with Crippen molar-refractivity contribution in [2.75, 3.05) is 39.3 Å². The van der Waals surface area contributed by atoms with Crippen molar-refractivity contribution in [3.63, 3.8) is 0 Å². The zero-order valence-electron chi connectivity index (χ0n) is 12.4. The Balaban J connectivity index is 2.33. The van der Waals surface area contributed by atoms with Crippen molar-refractivity contribution in [3.05, 3.63) is 0 Å². The zero-order valence-corrected chi connectivity index (χ0v) is 12.4. The minimum Gasteiger partial charge on any atom is -0.314 e. The Hall–Kier alpha value is -0.120. The minimum atomic E-state index is 0.270. The fourth-order valence-corrected chi connectivity index (χ4v) is 2.21. The molecule has 0 spiro atoms. The number of hydrogen-bond donors (Lipinski definition) is 2. The second kappa shape index (κ2) is 6.17. The first kappa shape index (κ1) is 14.9. The van der Waals surface area contributed by atoms with Crippen molar-refractivity contribution in [1.82, 2.24) is 15.5 Å². The summed E-state index contributed by atoms with van der Waals surface area (Å²) in [4.78, 5) is 2.59. The van der Waals surface area contributed by atoms with Gasteiger partial charge < -0.3 is 10.6 Å². The van der Waals surface area contributed by atoms with Crippen LogP contribution in [0.15, 0.2) is 0 Å². The van der Waals surface area contributed by atoms with E-state index in [1.165, 1.54) is 19.5 Å². The average Bonchev–Trinajstić information content (AvgIpc) is 2.30. The molecular formula is C14H31N3. The predicted molar refractivity (Wildman–Crippen MR) is 75.5 cm³/mol. The first-order chi connectivity index (χ1) is 7.87. The van der Waals surface area contributed by atoms with Crippen LogP contribution in [-0.2, 0) is 0 Å². The summed E-state index contributed by atoms with van der Waals surface area (Å²) in [6.07, 6.45) is 1.23. The van der Waals surface area contributed by atoms with Crippen LogP contribution in [0.25, 0.3) is 0 Å². The quantitative estimate of drug-likeness (QED) is 0.741. The summed E-state index contributed by atoms with van der Waals surface area (Å²) in [7, 11) is 0. The van der Waals surface area contributed by atoms with Gasteiger partial charge in [-0.25, -0.2) is 0 Å². The largest absolute Gasteiger partial charge is 0.314 e. The number of piperazine rings is 1. The van der Waals surface area contributed by atoms with Crippen molar-refractivity contribution in [1.29, 1.82) is 0 Å². The van der Waals surface area contributed by atoms with E-state index in [1.54, 1.807) is 0 Å². The van der Waals surface area contributed by atoms with E-state index >= 15 is 0 Å². The van der Waals surface area contributed by atoms with Gasteiger partial charge in [-0.05, 0) is 25.7 Å². The predicted octanol–water partition coefficient (Wildman–Crippen LogP) is 1.70. The lowest BCUT2D eigenvalue weighted by Crippen LogP contribution is -2.57. The van der Waals surface area contributed by atoms with Crippen molar-refractivity contribution in [2.24, 2.45) is 5.41 Å². The van der Waals surface area contributed by atoms with E-state index in [-0.39, 0.29) is 5.54 Å². The highest BCUT2D eigenvalue weighted by molar-refractivity contribution is 4.87. The molecule has 0 bridgehead atoms. The molecule has 3 nitrogen and oxygen atoms in total. The molecular weight excluding hydrogens is 210 g/mol. The van der Waals surface area contributed by atoms with Crippen molar-refractivity contribution in [3.8, 4) is 0 Å². The molecule has 102 valence electrons. The van der Waals surface area contributed by atoms with Gasteiger partial charge in [0, 0.05) is 44.8 Å². The molecule has 1 aliphatic rings. The summed E-state index contributed by atoms with van der Waals surface area (Å²) in [6, 6.07) is 0. The molecule has 0 aromatic heterocycles. The SMILES string of the molecule is CCC(C)(C)CNCC(C)(C)N1CCNCC1. The Morgan fingerprint density at radius 2 is 1.65 bits per heavy atom. The third kappa shape index (κ3) is 4.94. The first-order valence-corrected chi connectivity index (χ1v) is 7.04. The van der Waals surface area contributed by atoms with Crippen LogP contribution in [0.1, 0.15) is 41.0 Å². The van der Waals surface area contributed by atoms with Crippen LogP contribution in [0.5, 0.6) is 0 Å². The lowest BCUT2D eigenvalue weighted by molar-refractivity contribution is 0.0993. The summed E-state index contributed by atoms with van der Waals surface area (Å²) < 4.78 is 0. The van der Waals surface area contributed by atoms with Gasteiger partial charge in [0.1, 0.15) is 0 Å². The molecule has 1 saturated heterocycles. The number of nitrogens with one attached hydrogen (secondary N) is 2. The highest BCUT2D eigenvalue weighted by atomic mass is 15.2. The lowest BCUT2D eigenvalue weighted by Gasteiger charge is -2.42. The van der Waals surface area contributed by atoms with Gasteiger partial charge in [0.05, 0.1) is 0 Å². The molecule has 0 amide bonds. The third-order valence-corrected chi connectivity index (χ3v) is 4.09. The molecule has 0 aromatic rings. The Kier molecular flexibility index (Phi) is 5.42. The van der Waals surface area contributed by atoms with Crippen LogP contribution >= 0.6 is 0 Å². The monoisotopic (exact) mass is 241 g/mol. The van der Waals surface area contributed by atoms with Gasteiger partial charge in [-0.2, -0.15) is 0 Å². The maximum atomic E-state index is 3.65. The minimum absolute atomic E-state index is 0.270. The van der Waals surface area contributed by atoms with E-state index in [0.717, 1.165) is 26.2 Å². The van der Waals surface area contributed by atoms with Crippen LogP contribution in [0, 0.1) is 5.41 Å². The van der Waals surface area contributed by atoms with Crippen LogP contribution < -0.4 is 10.6 Å². The molecule has 2 N–H and O–H groups in total. The highest BCUT2D eigenvalue weighted by Gasteiger charge is 2.28. The Labute approximate surface area is 107 Å². The maximum absolute atomic E-state index is 3.65. The summed E-state index contributed by atoms with van der Waals surface area (Å²) in [5, 5.41) is 7.07. The smallest absolute Gasteiger partial charge is 0.0278 e. The second-order valence-corrected chi connectivity index (χ2v) is 6.67. The van der Waals surface area contributed by atoms with Gasteiger partial charge in [0.25, 0.3) is 0 Å². The molecule has 0 aliphatic carbocycles. The first-order valence-electron chi connectivity index (χ1n) is 7.04.